The van der Waals surface area contributed by atoms with Gasteiger partial charge in [-0.1, -0.05) is 0 Å². The molecule has 0 saturated carbocycles. The second kappa shape index (κ2) is 4.93. The molecule has 4 N–H and O–H groups in total. The van der Waals surface area contributed by atoms with Crippen LogP contribution in [0.5, 0.6) is 0 Å². The molecule has 0 amide bonds. The molecule has 0 heterocycles. The third kappa shape index (κ3) is 3.02. The quantitative estimate of drug-likeness (QED) is 0.757. The summed E-state index contributed by atoms with van der Waals surface area (Å²) in [6.07, 6.45) is -4.39. The van der Waals surface area contributed by atoms with Crippen LogP contribution in [0.4, 0.5) is 18.9 Å². The number of nitrogen functional groups attached to an aromatic ring is 1. The van der Waals surface area contributed by atoms with Crippen molar-refractivity contribution in [1.82, 2.24) is 0 Å². The molecule has 0 aliphatic rings. The highest BCUT2D eigenvalue weighted by atomic mass is 35.5. The van der Waals surface area contributed by atoms with Crippen LogP contribution in [-0.2, 0) is 6.18 Å². The minimum absolute atomic E-state index is 0. The van der Waals surface area contributed by atoms with Crippen molar-refractivity contribution < 1.29 is 13.2 Å². The standard InChI is InChI=1S/C10H13F3N2.ClH/c1-5-8(6(2)14)3-7(15)4-9(5)10(11,12)13;/h3-4,6H,14-15H2,1-2H3;1H. The molecule has 0 saturated heterocycles. The predicted molar refractivity (Wildman–Crippen MR) is 60.4 cm³/mol. The molecule has 6 heteroatoms. The van der Waals surface area contributed by atoms with E-state index in [1.807, 2.05) is 0 Å². The maximum atomic E-state index is 12.6. The summed E-state index contributed by atoms with van der Waals surface area (Å²) in [5, 5.41) is 0. The Hall–Kier alpha value is -0.940. The Morgan fingerprint density at radius 3 is 2.12 bits per heavy atom. The first-order valence-electron chi connectivity index (χ1n) is 4.46. The van der Waals surface area contributed by atoms with E-state index in [9.17, 15) is 13.2 Å². The van der Waals surface area contributed by atoms with Gasteiger partial charge in [0.05, 0.1) is 5.56 Å². The fourth-order valence-corrected chi connectivity index (χ4v) is 1.53. The van der Waals surface area contributed by atoms with E-state index in [4.69, 9.17) is 11.5 Å². The third-order valence-electron chi connectivity index (χ3n) is 2.27. The second-order valence-corrected chi connectivity index (χ2v) is 3.57. The summed E-state index contributed by atoms with van der Waals surface area (Å²) in [6.45, 7) is 3.03. The molecule has 0 aliphatic heterocycles. The van der Waals surface area contributed by atoms with Crippen LogP contribution in [-0.4, -0.2) is 0 Å². The Labute approximate surface area is 98.2 Å². The maximum Gasteiger partial charge on any atom is 0.416 e. The summed E-state index contributed by atoms with van der Waals surface area (Å²) in [7, 11) is 0. The van der Waals surface area contributed by atoms with Crippen molar-refractivity contribution in [2.75, 3.05) is 5.73 Å². The van der Waals surface area contributed by atoms with Gasteiger partial charge < -0.3 is 11.5 Å². The van der Waals surface area contributed by atoms with E-state index in [1.165, 1.54) is 13.0 Å². The molecule has 2 nitrogen and oxygen atoms in total. The van der Waals surface area contributed by atoms with Crippen molar-refractivity contribution in [3.63, 3.8) is 0 Å². The van der Waals surface area contributed by atoms with Crippen LogP contribution < -0.4 is 11.5 Å². The summed E-state index contributed by atoms with van der Waals surface area (Å²) in [6, 6.07) is 1.95. The predicted octanol–water partition coefficient (Wildman–Crippen LogP) is 3.04. The Morgan fingerprint density at radius 1 is 1.25 bits per heavy atom. The van der Waals surface area contributed by atoms with Crippen molar-refractivity contribution in [3.8, 4) is 0 Å². The van der Waals surface area contributed by atoms with Crippen molar-refractivity contribution >= 4 is 18.1 Å². The van der Waals surface area contributed by atoms with Crippen LogP contribution in [0.3, 0.4) is 0 Å². The molecular weight excluding hydrogens is 241 g/mol. The van der Waals surface area contributed by atoms with Crippen molar-refractivity contribution in [3.05, 3.63) is 28.8 Å². The number of nitrogens with two attached hydrogens (primary N) is 2. The van der Waals surface area contributed by atoms with Gasteiger partial charge in [-0.05, 0) is 37.1 Å². The van der Waals surface area contributed by atoms with Crippen molar-refractivity contribution in [2.45, 2.75) is 26.1 Å². The molecule has 0 bridgehead atoms. The summed E-state index contributed by atoms with van der Waals surface area (Å²) in [4.78, 5) is 0. The molecule has 16 heavy (non-hydrogen) atoms. The Morgan fingerprint density at radius 2 is 1.75 bits per heavy atom. The summed E-state index contributed by atoms with van der Waals surface area (Å²) >= 11 is 0. The average Bonchev–Trinajstić information content (AvgIpc) is 2.06. The minimum atomic E-state index is -4.39. The van der Waals surface area contributed by atoms with Crippen molar-refractivity contribution in [2.24, 2.45) is 5.73 Å². The molecule has 0 radical (unpaired) electrons. The fraction of sp³-hybridized carbons (Fsp3) is 0.400. The highest BCUT2D eigenvalue weighted by Crippen LogP contribution is 2.35. The molecule has 0 fully saturated rings. The van der Waals surface area contributed by atoms with E-state index >= 15 is 0 Å². The van der Waals surface area contributed by atoms with Gasteiger partial charge in [-0.15, -0.1) is 12.4 Å². The van der Waals surface area contributed by atoms with Gasteiger partial charge in [0.2, 0.25) is 0 Å². The molecule has 1 aromatic carbocycles. The smallest absolute Gasteiger partial charge is 0.399 e. The molecule has 92 valence electrons. The summed E-state index contributed by atoms with van der Waals surface area (Å²) in [5.41, 5.74) is 10.9. The van der Waals surface area contributed by atoms with Gasteiger partial charge in [0, 0.05) is 11.7 Å². The minimum Gasteiger partial charge on any atom is -0.399 e. The highest BCUT2D eigenvalue weighted by molar-refractivity contribution is 5.85. The van der Waals surface area contributed by atoms with Crippen LogP contribution in [0.2, 0.25) is 0 Å². The zero-order valence-electron chi connectivity index (χ0n) is 8.93. The van der Waals surface area contributed by atoms with Gasteiger partial charge in [0.25, 0.3) is 0 Å². The van der Waals surface area contributed by atoms with E-state index in [0.717, 1.165) is 6.07 Å². The highest BCUT2D eigenvalue weighted by Gasteiger charge is 2.33. The number of anilines is 1. The first-order valence-corrected chi connectivity index (χ1v) is 4.46. The molecule has 0 aliphatic carbocycles. The van der Waals surface area contributed by atoms with Gasteiger partial charge >= 0.3 is 6.18 Å². The SMILES string of the molecule is Cc1c(C(C)N)cc(N)cc1C(F)(F)F.Cl. The number of halogens is 4. The second-order valence-electron chi connectivity index (χ2n) is 3.57. The number of hydrogen-bond acceptors (Lipinski definition) is 2. The first-order chi connectivity index (χ1) is 6.73. The third-order valence-corrected chi connectivity index (χ3v) is 2.27. The zero-order chi connectivity index (χ0) is 11.8. The van der Waals surface area contributed by atoms with Crippen LogP contribution in [0, 0.1) is 6.92 Å². The van der Waals surface area contributed by atoms with Gasteiger partial charge in [0.15, 0.2) is 0 Å². The van der Waals surface area contributed by atoms with E-state index in [2.05, 4.69) is 0 Å². The normalized spacial score (nSPS) is 13.1. The van der Waals surface area contributed by atoms with Gasteiger partial charge in [-0.25, -0.2) is 0 Å². The van der Waals surface area contributed by atoms with Gasteiger partial charge in [-0.3, -0.25) is 0 Å². The molecule has 0 spiro atoms. The number of hydrogen-bond donors (Lipinski definition) is 2. The maximum absolute atomic E-state index is 12.6. The first kappa shape index (κ1) is 15.1. The van der Waals surface area contributed by atoms with Crippen LogP contribution in [0.15, 0.2) is 12.1 Å². The van der Waals surface area contributed by atoms with E-state index in [1.54, 1.807) is 6.92 Å². The number of benzene rings is 1. The number of rotatable bonds is 1. The van der Waals surface area contributed by atoms with Crippen LogP contribution in [0.25, 0.3) is 0 Å². The van der Waals surface area contributed by atoms with Crippen LogP contribution in [0.1, 0.15) is 29.7 Å². The van der Waals surface area contributed by atoms with Crippen molar-refractivity contribution in [1.29, 1.82) is 0 Å². The molecule has 0 aromatic heterocycles. The van der Waals surface area contributed by atoms with Gasteiger partial charge in [0.1, 0.15) is 0 Å². The topological polar surface area (TPSA) is 52.0 Å². The zero-order valence-corrected chi connectivity index (χ0v) is 9.75. The molecule has 1 unspecified atom stereocenters. The molecular formula is C10H14ClF3N2. The summed E-state index contributed by atoms with van der Waals surface area (Å²) < 4.78 is 37.7. The number of alkyl halides is 3. The summed E-state index contributed by atoms with van der Waals surface area (Å²) in [5.74, 6) is 0. The Bertz CT molecular complexity index is 375. The largest absolute Gasteiger partial charge is 0.416 e. The monoisotopic (exact) mass is 254 g/mol. The van der Waals surface area contributed by atoms with E-state index < -0.39 is 17.8 Å². The molecule has 1 atom stereocenters. The Balaban J connectivity index is 0.00000225. The Kier molecular flexibility index (Phi) is 4.64. The molecule has 1 aromatic rings. The van der Waals surface area contributed by atoms with Gasteiger partial charge in [-0.2, -0.15) is 13.2 Å². The lowest BCUT2D eigenvalue weighted by Gasteiger charge is -2.17. The lowest BCUT2D eigenvalue weighted by molar-refractivity contribution is -0.138. The van der Waals surface area contributed by atoms with E-state index in [-0.39, 0.29) is 23.7 Å². The van der Waals surface area contributed by atoms with Crippen LogP contribution >= 0.6 is 12.4 Å². The van der Waals surface area contributed by atoms with E-state index in [0.29, 0.717) is 5.56 Å². The lowest BCUT2D eigenvalue weighted by atomic mass is 9.97. The lowest BCUT2D eigenvalue weighted by Crippen LogP contribution is -2.14. The molecule has 1 rings (SSSR count). The fourth-order valence-electron chi connectivity index (χ4n) is 1.53. The average molecular weight is 255 g/mol.